The number of carbonyl (C=O) groups is 1. The molecule has 1 saturated heterocycles. The highest BCUT2D eigenvalue weighted by Crippen LogP contribution is 2.32. The molecule has 0 radical (unpaired) electrons. The SMILES string of the molecule is N#Cc1ccc(CC2(C#N)CCNCC2)cc1.O=C(O)C(F)(F)F. The number of piperidine rings is 1. The third-order valence-electron chi connectivity index (χ3n) is 3.67. The van der Waals surface area contributed by atoms with Crippen LogP contribution in [0.2, 0.25) is 0 Å². The zero-order valence-corrected chi connectivity index (χ0v) is 12.7. The number of nitriles is 2. The van der Waals surface area contributed by atoms with Crippen LogP contribution in [0.15, 0.2) is 24.3 Å². The van der Waals surface area contributed by atoms with Gasteiger partial charge in [0.2, 0.25) is 0 Å². The molecule has 0 bridgehead atoms. The van der Waals surface area contributed by atoms with Crippen LogP contribution in [-0.4, -0.2) is 30.3 Å². The Hall–Kier alpha value is -2.58. The summed E-state index contributed by atoms with van der Waals surface area (Å²) in [4.78, 5) is 8.90. The molecular weight excluding hydrogens is 323 g/mol. The number of halogens is 3. The fraction of sp³-hybridized carbons (Fsp3) is 0.438. The first kappa shape index (κ1) is 19.5. The van der Waals surface area contributed by atoms with E-state index in [1.54, 1.807) is 0 Å². The molecule has 0 aliphatic carbocycles. The maximum Gasteiger partial charge on any atom is 0.490 e. The van der Waals surface area contributed by atoms with Crippen LogP contribution in [0.5, 0.6) is 0 Å². The number of benzene rings is 1. The smallest absolute Gasteiger partial charge is 0.475 e. The molecule has 0 aromatic heterocycles. The quantitative estimate of drug-likeness (QED) is 0.863. The second-order valence-corrected chi connectivity index (χ2v) is 5.43. The molecule has 0 spiro atoms. The molecule has 1 fully saturated rings. The molecule has 128 valence electrons. The molecule has 1 heterocycles. The Morgan fingerprint density at radius 1 is 1.21 bits per heavy atom. The molecule has 5 nitrogen and oxygen atoms in total. The van der Waals surface area contributed by atoms with E-state index in [9.17, 15) is 18.4 Å². The monoisotopic (exact) mass is 339 g/mol. The lowest BCUT2D eigenvalue weighted by molar-refractivity contribution is -0.192. The molecule has 2 N–H and O–H groups in total. The normalized spacial score (nSPS) is 16.0. The van der Waals surface area contributed by atoms with Gasteiger partial charge in [-0.15, -0.1) is 0 Å². The first-order chi connectivity index (χ1) is 11.2. The van der Waals surface area contributed by atoms with Gasteiger partial charge in [0.25, 0.3) is 0 Å². The molecule has 1 aliphatic rings. The largest absolute Gasteiger partial charge is 0.490 e. The first-order valence-corrected chi connectivity index (χ1v) is 7.13. The molecule has 1 aromatic carbocycles. The lowest BCUT2D eigenvalue weighted by atomic mass is 9.75. The molecule has 24 heavy (non-hydrogen) atoms. The number of alkyl halides is 3. The van der Waals surface area contributed by atoms with E-state index in [0.717, 1.165) is 37.9 Å². The molecule has 0 amide bonds. The van der Waals surface area contributed by atoms with Gasteiger partial charge in [-0.3, -0.25) is 0 Å². The lowest BCUT2D eigenvalue weighted by Gasteiger charge is -2.31. The summed E-state index contributed by atoms with van der Waals surface area (Å²) in [6.45, 7) is 1.84. The van der Waals surface area contributed by atoms with Crippen molar-refractivity contribution in [3.63, 3.8) is 0 Å². The van der Waals surface area contributed by atoms with E-state index in [1.807, 2.05) is 24.3 Å². The molecule has 0 atom stereocenters. The summed E-state index contributed by atoms with van der Waals surface area (Å²) in [6, 6.07) is 12.2. The van der Waals surface area contributed by atoms with E-state index in [-0.39, 0.29) is 5.41 Å². The van der Waals surface area contributed by atoms with E-state index in [1.165, 1.54) is 0 Å². The van der Waals surface area contributed by atoms with Crippen LogP contribution in [0.3, 0.4) is 0 Å². The van der Waals surface area contributed by atoms with Crippen LogP contribution < -0.4 is 5.32 Å². The van der Waals surface area contributed by atoms with Crippen LogP contribution in [0.25, 0.3) is 0 Å². The van der Waals surface area contributed by atoms with Crippen molar-refractivity contribution < 1.29 is 23.1 Å². The number of hydrogen-bond acceptors (Lipinski definition) is 4. The van der Waals surface area contributed by atoms with Gasteiger partial charge in [-0.05, 0) is 50.0 Å². The molecule has 0 saturated carbocycles. The number of nitrogens with one attached hydrogen (secondary N) is 1. The zero-order chi connectivity index (χ0) is 18.2. The van der Waals surface area contributed by atoms with Crippen LogP contribution in [0.4, 0.5) is 13.2 Å². The number of nitrogens with zero attached hydrogens (tertiary/aromatic N) is 2. The van der Waals surface area contributed by atoms with Crippen molar-refractivity contribution in [1.82, 2.24) is 5.32 Å². The van der Waals surface area contributed by atoms with Crippen LogP contribution in [0, 0.1) is 28.1 Å². The summed E-state index contributed by atoms with van der Waals surface area (Å²) in [5, 5.41) is 28.5. The molecule has 8 heteroatoms. The number of rotatable bonds is 2. The van der Waals surface area contributed by atoms with Gasteiger partial charge in [0.05, 0.1) is 23.1 Å². The van der Waals surface area contributed by atoms with Crippen molar-refractivity contribution in [2.75, 3.05) is 13.1 Å². The molecule has 0 unspecified atom stereocenters. The molecule has 1 aliphatic heterocycles. The summed E-state index contributed by atoms with van der Waals surface area (Å²) in [5.41, 5.74) is 1.59. The Bertz CT molecular complexity index is 637. The summed E-state index contributed by atoms with van der Waals surface area (Å²) < 4.78 is 31.7. The van der Waals surface area contributed by atoms with Gasteiger partial charge in [-0.25, -0.2) is 4.79 Å². The Kier molecular flexibility index (Phi) is 6.75. The van der Waals surface area contributed by atoms with Crippen LogP contribution in [0.1, 0.15) is 24.0 Å². The summed E-state index contributed by atoms with van der Waals surface area (Å²) in [5.74, 6) is -2.76. The van der Waals surface area contributed by atoms with Gasteiger partial charge < -0.3 is 10.4 Å². The highest BCUT2D eigenvalue weighted by molar-refractivity contribution is 5.73. The van der Waals surface area contributed by atoms with Gasteiger partial charge in [-0.1, -0.05) is 12.1 Å². The Morgan fingerprint density at radius 3 is 2.08 bits per heavy atom. The average Bonchev–Trinajstić information content (AvgIpc) is 2.56. The Balaban J connectivity index is 0.000000351. The Morgan fingerprint density at radius 2 is 1.71 bits per heavy atom. The average molecular weight is 339 g/mol. The van der Waals surface area contributed by atoms with Crippen molar-refractivity contribution in [3.05, 3.63) is 35.4 Å². The zero-order valence-electron chi connectivity index (χ0n) is 12.7. The van der Waals surface area contributed by atoms with E-state index in [0.29, 0.717) is 5.56 Å². The van der Waals surface area contributed by atoms with E-state index >= 15 is 0 Å². The summed E-state index contributed by atoms with van der Waals surface area (Å²) in [6.07, 6.45) is -2.48. The van der Waals surface area contributed by atoms with Crippen molar-refractivity contribution >= 4 is 5.97 Å². The third kappa shape index (κ3) is 5.90. The van der Waals surface area contributed by atoms with Crippen molar-refractivity contribution in [2.45, 2.75) is 25.4 Å². The van der Waals surface area contributed by atoms with Gasteiger partial charge in [-0.2, -0.15) is 23.7 Å². The van der Waals surface area contributed by atoms with Gasteiger partial charge in [0.15, 0.2) is 0 Å². The standard InChI is InChI=1S/C14H15N3.C2HF3O2/c15-10-13-3-1-12(2-4-13)9-14(11-16)5-7-17-8-6-14;3-2(4,5)1(6)7/h1-4,17H,5-9H2;(H,6,7). The van der Waals surface area contributed by atoms with Crippen molar-refractivity contribution in [2.24, 2.45) is 5.41 Å². The van der Waals surface area contributed by atoms with Gasteiger partial charge >= 0.3 is 12.1 Å². The number of aliphatic carboxylic acids is 1. The maximum atomic E-state index is 10.6. The van der Waals surface area contributed by atoms with E-state index in [2.05, 4.69) is 17.5 Å². The third-order valence-corrected chi connectivity index (χ3v) is 3.67. The van der Waals surface area contributed by atoms with Crippen LogP contribution in [-0.2, 0) is 11.2 Å². The summed E-state index contributed by atoms with van der Waals surface area (Å²) >= 11 is 0. The summed E-state index contributed by atoms with van der Waals surface area (Å²) in [7, 11) is 0. The second kappa shape index (κ2) is 8.32. The molecule has 1 aromatic rings. The number of hydrogen-bond donors (Lipinski definition) is 2. The highest BCUT2D eigenvalue weighted by atomic mass is 19.4. The predicted molar refractivity (Wildman–Crippen MR) is 78.7 cm³/mol. The fourth-order valence-corrected chi connectivity index (χ4v) is 2.32. The predicted octanol–water partition coefficient (Wildman–Crippen LogP) is 2.63. The lowest BCUT2D eigenvalue weighted by Crippen LogP contribution is -2.37. The second-order valence-electron chi connectivity index (χ2n) is 5.43. The van der Waals surface area contributed by atoms with E-state index in [4.69, 9.17) is 15.2 Å². The first-order valence-electron chi connectivity index (χ1n) is 7.13. The molecular formula is C16H16F3N3O2. The highest BCUT2D eigenvalue weighted by Gasteiger charge is 2.38. The van der Waals surface area contributed by atoms with Crippen LogP contribution >= 0.6 is 0 Å². The number of carboxylic acids is 1. The van der Waals surface area contributed by atoms with Crippen molar-refractivity contribution in [1.29, 1.82) is 10.5 Å². The Labute approximate surface area is 137 Å². The minimum Gasteiger partial charge on any atom is -0.475 e. The van der Waals surface area contributed by atoms with Gasteiger partial charge in [0, 0.05) is 0 Å². The fourth-order valence-electron chi connectivity index (χ4n) is 2.32. The number of carboxylic acid groups (broad SMARTS) is 1. The minimum absolute atomic E-state index is 0.223. The van der Waals surface area contributed by atoms with Crippen molar-refractivity contribution in [3.8, 4) is 12.1 Å². The van der Waals surface area contributed by atoms with Gasteiger partial charge in [0.1, 0.15) is 0 Å². The topological polar surface area (TPSA) is 96.9 Å². The molecule has 2 rings (SSSR count). The van der Waals surface area contributed by atoms with E-state index < -0.39 is 12.1 Å². The maximum absolute atomic E-state index is 10.6. The minimum atomic E-state index is -5.08.